The highest BCUT2D eigenvalue weighted by molar-refractivity contribution is 5.22. The quantitative estimate of drug-likeness (QED) is 0.778. The number of nitriles is 1. The van der Waals surface area contributed by atoms with Crippen LogP contribution in [0.4, 0.5) is 0 Å². The first-order valence-electron chi connectivity index (χ1n) is 5.40. The maximum Gasteiger partial charge on any atom is 0.208 e. The second kappa shape index (κ2) is 4.03. The smallest absolute Gasteiger partial charge is 0.208 e. The Bertz CT molecular complexity index is 532. The highest BCUT2D eigenvalue weighted by Crippen LogP contribution is 2.22. The zero-order valence-corrected chi connectivity index (χ0v) is 9.15. The van der Waals surface area contributed by atoms with Gasteiger partial charge in [0.25, 0.3) is 0 Å². The number of hydrogen-bond acceptors (Lipinski definition) is 5. The van der Waals surface area contributed by atoms with Crippen LogP contribution in [0, 0.1) is 11.3 Å². The highest BCUT2D eigenvalue weighted by Gasteiger charge is 2.29. The summed E-state index contributed by atoms with van der Waals surface area (Å²) in [5.74, 6) is 0.738. The Labute approximate surface area is 98.1 Å². The summed E-state index contributed by atoms with van der Waals surface area (Å²) in [5.41, 5.74) is 0.608. The molecule has 2 aromatic heterocycles. The normalized spacial score (nSPS) is 16.6. The van der Waals surface area contributed by atoms with E-state index in [2.05, 4.69) is 21.1 Å². The standard InChI is InChI=1S/C11H11N5O/c12-3-9-4-14-16(5-9)10-6-15(7-10)8-11-13-1-2-17-11/h1-2,4-5,10H,6-8H2. The van der Waals surface area contributed by atoms with Gasteiger partial charge in [0.1, 0.15) is 12.3 Å². The average Bonchev–Trinajstić information content (AvgIpc) is 2.94. The molecule has 2 aromatic rings. The van der Waals surface area contributed by atoms with Crippen LogP contribution in [0.1, 0.15) is 17.5 Å². The molecule has 0 amide bonds. The van der Waals surface area contributed by atoms with Gasteiger partial charge in [-0.3, -0.25) is 9.58 Å². The maximum atomic E-state index is 8.71. The third-order valence-electron chi connectivity index (χ3n) is 2.88. The van der Waals surface area contributed by atoms with E-state index in [0.717, 1.165) is 25.5 Å². The maximum absolute atomic E-state index is 8.71. The molecule has 0 radical (unpaired) electrons. The number of hydrogen-bond donors (Lipinski definition) is 0. The molecule has 86 valence electrons. The molecule has 0 N–H and O–H groups in total. The minimum atomic E-state index is 0.354. The Balaban J connectivity index is 1.56. The van der Waals surface area contributed by atoms with Gasteiger partial charge in [-0.05, 0) is 0 Å². The minimum absolute atomic E-state index is 0.354. The van der Waals surface area contributed by atoms with Crippen molar-refractivity contribution < 1.29 is 4.42 Å². The van der Waals surface area contributed by atoms with E-state index in [1.165, 1.54) is 0 Å². The van der Waals surface area contributed by atoms with Crippen molar-refractivity contribution in [2.24, 2.45) is 0 Å². The molecule has 17 heavy (non-hydrogen) atoms. The van der Waals surface area contributed by atoms with Gasteiger partial charge in [-0.1, -0.05) is 0 Å². The third kappa shape index (κ3) is 1.92. The van der Waals surface area contributed by atoms with Gasteiger partial charge in [0.05, 0.1) is 30.5 Å². The van der Waals surface area contributed by atoms with Gasteiger partial charge in [0.2, 0.25) is 5.89 Å². The van der Waals surface area contributed by atoms with Crippen LogP contribution in [0.15, 0.2) is 29.3 Å². The molecule has 0 bridgehead atoms. The van der Waals surface area contributed by atoms with Crippen LogP contribution in [-0.2, 0) is 6.54 Å². The summed E-state index contributed by atoms with van der Waals surface area (Å²) in [6.45, 7) is 2.56. The van der Waals surface area contributed by atoms with E-state index in [0.29, 0.717) is 11.6 Å². The van der Waals surface area contributed by atoms with Crippen LogP contribution in [-0.4, -0.2) is 32.8 Å². The van der Waals surface area contributed by atoms with Crippen molar-refractivity contribution in [2.45, 2.75) is 12.6 Å². The summed E-state index contributed by atoms with van der Waals surface area (Å²) in [4.78, 5) is 6.31. The van der Waals surface area contributed by atoms with Crippen molar-refractivity contribution in [3.05, 3.63) is 36.3 Å². The molecule has 3 heterocycles. The molecular formula is C11H11N5O. The third-order valence-corrected chi connectivity index (χ3v) is 2.88. The van der Waals surface area contributed by atoms with Gasteiger partial charge in [0.15, 0.2) is 0 Å². The molecule has 1 aliphatic rings. The van der Waals surface area contributed by atoms with E-state index < -0.39 is 0 Å². The summed E-state index contributed by atoms with van der Waals surface area (Å²) in [5, 5.41) is 12.9. The van der Waals surface area contributed by atoms with Gasteiger partial charge in [-0.2, -0.15) is 10.4 Å². The van der Waals surface area contributed by atoms with Gasteiger partial charge in [-0.25, -0.2) is 4.98 Å². The topological polar surface area (TPSA) is 70.9 Å². The van der Waals surface area contributed by atoms with Crippen LogP contribution >= 0.6 is 0 Å². The number of likely N-dealkylation sites (tertiary alicyclic amines) is 1. The zero-order valence-electron chi connectivity index (χ0n) is 9.15. The molecule has 3 rings (SSSR count). The lowest BCUT2D eigenvalue weighted by molar-refractivity contribution is 0.0815. The molecule has 1 aliphatic heterocycles. The van der Waals surface area contributed by atoms with Gasteiger partial charge < -0.3 is 4.42 Å². The monoisotopic (exact) mass is 229 g/mol. The van der Waals surface area contributed by atoms with Crippen LogP contribution in [0.5, 0.6) is 0 Å². The summed E-state index contributed by atoms with van der Waals surface area (Å²) in [6, 6.07) is 2.43. The first-order valence-corrected chi connectivity index (χ1v) is 5.40. The summed E-state index contributed by atoms with van der Waals surface area (Å²) < 4.78 is 7.04. The summed E-state index contributed by atoms with van der Waals surface area (Å²) in [7, 11) is 0. The fraction of sp³-hybridized carbons (Fsp3) is 0.364. The Hall–Kier alpha value is -2.13. The molecule has 1 saturated heterocycles. The Morgan fingerprint density at radius 3 is 3.06 bits per heavy atom. The highest BCUT2D eigenvalue weighted by atomic mass is 16.3. The first-order chi connectivity index (χ1) is 8.35. The number of aromatic nitrogens is 3. The second-order valence-electron chi connectivity index (χ2n) is 4.09. The average molecular weight is 229 g/mol. The number of nitrogens with zero attached hydrogens (tertiary/aromatic N) is 5. The molecule has 1 fully saturated rings. The fourth-order valence-electron chi connectivity index (χ4n) is 1.96. The van der Waals surface area contributed by atoms with E-state index in [9.17, 15) is 0 Å². The molecule has 6 nitrogen and oxygen atoms in total. The lowest BCUT2D eigenvalue weighted by atomic mass is 10.1. The lowest BCUT2D eigenvalue weighted by Gasteiger charge is -2.38. The van der Waals surface area contributed by atoms with Gasteiger partial charge >= 0.3 is 0 Å². The number of rotatable bonds is 3. The zero-order chi connectivity index (χ0) is 11.7. The Morgan fingerprint density at radius 2 is 2.41 bits per heavy atom. The molecule has 6 heteroatoms. The molecule has 0 aliphatic carbocycles. The van der Waals surface area contributed by atoms with Gasteiger partial charge in [-0.15, -0.1) is 0 Å². The molecular weight excluding hydrogens is 218 g/mol. The first kappa shape index (κ1) is 10.1. The second-order valence-corrected chi connectivity index (χ2v) is 4.09. The van der Waals surface area contributed by atoms with E-state index >= 15 is 0 Å². The predicted octanol–water partition coefficient (Wildman–Crippen LogP) is 0.800. The molecule has 0 aromatic carbocycles. The van der Waals surface area contributed by atoms with Crippen molar-refractivity contribution in [3.8, 4) is 6.07 Å². The molecule has 0 saturated carbocycles. The fourth-order valence-corrected chi connectivity index (χ4v) is 1.96. The van der Waals surface area contributed by atoms with E-state index in [1.807, 2.05) is 4.68 Å². The SMILES string of the molecule is N#Cc1cnn(C2CN(Cc3ncco3)C2)c1. The lowest BCUT2D eigenvalue weighted by Crippen LogP contribution is -2.47. The Kier molecular flexibility index (Phi) is 2.38. The van der Waals surface area contributed by atoms with Crippen LogP contribution < -0.4 is 0 Å². The molecule has 0 unspecified atom stereocenters. The largest absolute Gasteiger partial charge is 0.448 e. The minimum Gasteiger partial charge on any atom is -0.448 e. The van der Waals surface area contributed by atoms with Crippen LogP contribution in [0.3, 0.4) is 0 Å². The number of oxazole rings is 1. The summed E-state index contributed by atoms with van der Waals surface area (Å²) >= 11 is 0. The van der Waals surface area contributed by atoms with E-state index in [1.54, 1.807) is 24.9 Å². The van der Waals surface area contributed by atoms with Crippen molar-refractivity contribution in [1.29, 1.82) is 5.26 Å². The molecule has 0 atom stereocenters. The van der Waals surface area contributed by atoms with Crippen LogP contribution in [0.2, 0.25) is 0 Å². The predicted molar refractivity (Wildman–Crippen MR) is 57.8 cm³/mol. The van der Waals surface area contributed by atoms with Crippen molar-refractivity contribution in [2.75, 3.05) is 13.1 Å². The van der Waals surface area contributed by atoms with E-state index in [4.69, 9.17) is 9.68 Å². The molecule has 0 spiro atoms. The Morgan fingerprint density at radius 1 is 1.53 bits per heavy atom. The van der Waals surface area contributed by atoms with Crippen molar-refractivity contribution in [1.82, 2.24) is 19.7 Å². The van der Waals surface area contributed by atoms with Crippen molar-refractivity contribution in [3.63, 3.8) is 0 Å². The van der Waals surface area contributed by atoms with Crippen molar-refractivity contribution >= 4 is 0 Å². The van der Waals surface area contributed by atoms with E-state index in [-0.39, 0.29) is 0 Å². The van der Waals surface area contributed by atoms with Gasteiger partial charge in [0, 0.05) is 19.3 Å². The van der Waals surface area contributed by atoms with Crippen LogP contribution in [0.25, 0.3) is 0 Å². The summed E-state index contributed by atoms with van der Waals surface area (Å²) in [6.07, 6.45) is 6.61.